The Labute approximate surface area is 190 Å². The van der Waals surface area contributed by atoms with Gasteiger partial charge in [0, 0.05) is 36.2 Å². The van der Waals surface area contributed by atoms with Gasteiger partial charge < -0.3 is 14.4 Å². The Hall–Kier alpha value is -3.46. The topological polar surface area (TPSA) is 93.6 Å². The molecule has 0 saturated carbocycles. The number of ether oxygens (including phenoxy) is 2. The first-order valence-electron chi connectivity index (χ1n) is 10.1. The van der Waals surface area contributed by atoms with Gasteiger partial charge in [-0.3, -0.25) is 14.9 Å². The third-order valence-electron chi connectivity index (χ3n) is 5.27. The molecular weight excluding hydrogens is 428 g/mol. The first-order chi connectivity index (χ1) is 15.4. The summed E-state index contributed by atoms with van der Waals surface area (Å²) in [7, 11) is 3.05. The molecule has 0 unspecified atom stereocenters. The van der Waals surface area contributed by atoms with Crippen molar-refractivity contribution in [2.24, 2.45) is 0 Å². The van der Waals surface area contributed by atoms with E-state index in [1.165, 1.54) is 25.6 Å². The predicted octanol–water partition coefficient (Wildman–Crippen LogP) is 3.94. The molecular formula is C23H24N4O4S. The van der Waals surface area contributed by atoms with Gasteiger partial charge in [-0.2, -0.15) is 0 Å². The number of aromatic nitrogens is 2. The van der Waals surface area contributed by atoms with E-state index in [2.05, 4.69) is 21.6 Å². The number of nitrogens with zero attached hydrogens (tertiary/aromatic N) is 3. The highest BCUT2D eigenvalue weighted by atomic mass is 32.1. The highest BCUT2D eigenvalue weighted by Crippen LogP contribution is 2.35. The lowest BCUT2D eigenvalue weighted by Gasteiger charge is -2.17. The van der Waals surface area contributed by atoms with E-state index in [1.54, 1.807) is 23.1 Å². The zero-order valence-electron chi connectivity index (χ0n) is 18.3. The number of aryl methyl sites for hydroxylation is 2. The van der Waals surface area contributed by atoms with Gasteiger partial charge in [-0.1, -0.05) is 17.4 Å². The van der Waals surface area contributed by atoms with Gasteiger partial charge in [-0.15, -0.1) is 10.2 Å². The van der Waals surface area contributed by atoms with E-state index in [9.17, 15) is 9.59 Å². The number of carbonyl (C=O) groups is 2. The van der Waals surface area contributed by atoms with Crippen LogP contribution in [0, 0.1) is 13.8 Å². The summed E-state index contributed by atoms with van der Waals surface area (Å²) in [5, 5.41) is 12.2. The van der Waals surface area contributed by atoms with Crippen LogP contribution < -0.4 is 19.7 Å². The molecule has 2 heterocycles. The third-order valence-corrected chi connectivity index (χ3v) is 6.27. The fraction of sp³-hybridized carbons (Fsp3) is 0.304. The fourth-order valence-electron chi connectivity index (χ4n) is 3.79. The summed E-state index contributed by atoms with van der Waals surface area (Å²) in [5.41, 5.74) is 3.52. The van der Waals surface area contributed by atoms with Crippen LogP contribution in [0.1, 0.15) is 38.8 Å². The van der Waals surface area contributed by atoms with Gasteiger partial charge in [0.2, 0.25) is 11.0 Å². The maximum absolute atomic E-state index is 12.7. The Morgan fingerprint density at radius 1 is 1.03 bits per heavy atom. The predicted molar refractivity (Wildman–Crippen MR) is 123 cm³/mol. The molecule has 2 amide bonds. The molecule has 0 radical (unpaired) electrons. The molecule has 8 nitrogen and oxygen atoms in total. The van der Waals surface area contributed by atoms with E-state index in [1.807, 2.05) is 26.0 Å². The van der Waals surface area contributed by atoms with Gasteiger partial charge in [-0.05, 0) is 49.2 Å². The number of rotatable bonds is 6. The van der Waals surface area contributed by atoms with Crippen LogP contribution in [-0.2, 0) is 4.79 Å². The zero-order valence-corrected chi connectivity index (χ0v) is 19.2. The smallest absolute Gasteiger partial charge is 0.257 e. The SMILES string of the molecule is COc1cc(OC)cc(C(=O)Nc2nnc([C@@H]3CC(=O)N(c4cc(C)cc(C)c4)C3)s2)c1. The molecule has 0 aliphatic carbocycles. The van der Waals surface area contributed by atoms with Crippen molar-refractivity contribution in [3.63, 3.8) is 0 Å². The van der Waals surface area contributed by atoms with Gasteiger partial charge in [0.05, 0.1) is 14.2 Å². The number of carbonyl (C=O) groups excluding carboxylic acids is 2. The largest absolute Gasteiger partial charge is 0.497 e. The number of methoxy groups -OCH3 is 2. The van der Waals surface area contributed by atoms with Crippen molar-refractivity contribution in [1.29, 1.82) is 0 Å². The summed E-state index contributed by atoms with van der Waals surface area (Å²) in [6.07, 6.45) is 0.364. The van der Waals surface area contributed by atoms with Gasteiger partial charge in [0.1, 0.15) is 16.5 Å². The highest BCUT2D eigenvalue weighted by Gasteiger charge is 2.34. The van der Waals surface area contributed by atoms with Crippen molar-refractivity contribution in [2.75, 3.05) is 31.0 Å². The number of hydrogen-bond donors (Lipinski definition) is 1. The minimum Gasteiger partial charge on any atom is -0.497 e. The van der Waals surface area contributed by atoms with E-state index >= 15 is 0 Å². The minimum atomic E-state index is -0.343. The Bertz CT molecular complexity index is 1130. The Kier molecular flexibility index (Phi) is 6.09. The van der Waals surface area contributed by atoms with E-state index in [-0.39, 0.29) is 17.7 Å². The fourth-order valence-corrected chi connectivity index (χ4v) is 4.62. The molecule has 1 aromatic heterocycles. The van der Waals surface area contributed by atoms with Crippen LogP contribution >= 0.6 is 11.3 Å². The van der Waals surface area contributed by atoms with E-state index in [0.29, 0.717) is 35.2 Å². The molecule has 1 atom stereocenters. The van der Waals surface area contributed by atoms with Crippen LogP contribution in [-0.4, -0.2) is 42.8 Å². The standard InChI is InChI=1S/C23H24N4O4S/c1-13-5-14(2)7-17(6-13)27-12-16(10-20(27)28)22-25-26-23(32-22)24-21(29)15-8-18(30-3)11-19(9-15)31-4/h5-9,11,16H,10,12H2,1-4H3,(H,24,26,29)/t16-/m1/s1. The quantitative estimate of drug-likeness (QED) is 0.609. The molecule has 1 aliphatic heterocycles. The van der Waals surface area contributed by atoms with Gasteiger partial charge >= 0.3 is 0 Å². The number of anilines is 2. The summed E-state index contributed by atoms with van der Waals surface area (Å²) < 4.78 is 10.4. The van der Waals surface area contributed by atoms with Crippen molar-refractivity contribution < 1.29 is 19.1 Å². The van der Waals surface area contributed by atoms with E-state index in [0.717, 1.165) is 21.8 Å². The third kappa shape index (κ3) is 4.57. The summed E-state index contributed by atoms with van der Waals surface area (Å²) in [6, 6.07) is 11.1. The lowest BCUT2D eigenvalue weighted by atomic mass is 10.1. The molecule has 2 aromatic carbocycles. The lowest BCUT2D eigenvalue weighted by Crippen LogP contribution is -2.24. The number of hydrogen-bond acceptors (Lipinski definition) is 7. The molecule has 1 fully saturated rings. The molecule has 0 spiro atoms. The summed E-state index contributed by atoms with van der Waals surface area (Å²) in [6.45, 7) is 4.58. The van der Waals surface area contributed by atoms with Gasteiger partial charge in [-0.25, -0.2) is 0 Å². The van der Waals surface area contributed by atoms with Crippen molar-refractivity contribution in [2.45, 2.75) is 26.2 Å². The Balaban J connectivity index is 1.47. The Morgan fingerprint density at radius 2 is 1.69 bits per heavy atom. The zero-order chi connectivity index (χ0) is 22.8. The molecule has 32 heavy (non-hydrogen) atoms. The monoisotopic (exact) mass is 452 g/mol. The van der Waals surface area contributed by atoms with Crippen molar-refractivity contribution in [3.05, 3.63) is 58.1 Å². The van der Waals surface area contributed by atoms with Crippen LogP contribution in [0.25, 0.3) is 0 Å². The maximum atomic E-state index is 12.7. The molecule has 166 valence electrons. The molecule has 9 heteroatoms. The van der Waals surface area contributed by atoms with Crippen LogP contribution in [0.15, 0.2) is 36.4 Å². The molecule has 0 bridgehead atoms. The van der Waals surface area contributed by atoms with Crippen molar-refractivity contribution >= 4 is 34.0 Å². The minimum absolute atomic E-state index is 0.0595. The second-order valence-electron chi connectivity index (χ2n) is 7.75. The van der Waals surface area contributed by atoms with Crippen molar-refractivity contribution in [3.8, 4) is 11.5 Å². The molecule has 1 saturated heterocycles. The van der Waals surface area contributed by atoms with Gasteiger partial charge in [0.15, 0.2) is 0 Å². The summed E-state index contributed by atoms with van der Waals surface area (Å²) in [5.74, 6) is 0.684. The first kappa shape index (κ1) is 21.8. The average molecular weight is 453 g/mol. The summed E-state index contributed by atoms with van der Waals surface area (Å²) in [4.78, 5) is 27.1. The van der Waals surface area contributed by atoms with Gasteiger partial charge in [0.25, 0.3) is 5.91 Å². The number of nitrogens with one attached hydrogen (secondary N) is 1. The molecule has 3 aromatic rings. The molecule has 1 N–H and O–H groups in total. The Morgan fingerprint density at radius 3 is 2.31 bits per heavy atom. The van der Waals surface area contributed by atoms with Crippen molar-refractivity contribution in [1.82, 2.24) is 10.2 Å². The van der Waals surface area contributed by atoms with E-state index in [4.69, 9.17) is 9.47 Å². The highest BCUT2D eigenvalue weighted by molar-refractivity contribution is 7.15. The lowest BCUT2D eigenvalue weighted by molar-refractivity contribution is -0.117. The van der Waals surface area contributed by atoms with E-state index < -0.39 is 0 Å². The summed E-state index contributed by atoms with van der Waals surface area (Å²) >= 11 is 1.28. The van der Waals surface area contributed by atoms with Crippen LogP contribution in [0.3, 0.4) is 0 Å². The maximum Gasteiger partial charge on any atom is 0.257 e. The van der Waals surface area contributed by atoms with Crippen LogP contribution in [0.2, 0.25) is 0 Å². The number of amides is 2. The average Bonchev–Trinajstić information content (AvgIpc) is 3.39. The number of benzene rings is 2. The molecule has 1 aliphatic rings. The second-order valence-corrected chi connectivity index (χ2v) is 8.76. The molecule has 4 rings (SSSR count). The second kappa shape index (κ2) is 8.96. The van der Waals surface area contributed by atoms with Crippen LogP contribution in [0.5, 0.6) is 11.5 Å². The normalized spacial score (nSPS) is 15.7. The first-order valence-corrected chi connectivity index (χ1v) is 10.9. The van der Waals surface area contributed by atoms with Crippen LogP contribution in [0.4, 0.5) is 10.8 Å².